The third-order valence-corrected chi connectivity index (χ3v) is 37.6. The van der Waals surface area contributed by atoms with Gasteiger partial charge < -0.3 is 42.6 Å². The number of esters is 3. The lowest BCUT2D eigenvalue weighted by Gasteiger charge is -2.44. The van der Waals surface area contributed by atoms with E-state index in [0.717, 1.165) is 78.3 Å². The van der Waals surface area contributed by atoms with Crippen molar-refractivity contribution in [3.05, 3.63) is 402 Å². The number of aryl methyl sites for hydroxylation is 12. The first kappa shape index (κ1) is 108. The first-order valence-corrected chi connectivity index (χ1v) is 54.2. The largest absolute Gasteiger partial charge is 0.508 e. The minimum absolute atomic E-state index is 0. The summed E-state index contributed by atoms with van der Waals surface area (Å²) in [5.41, 5.74) is 25.5. The van der Waals surface area contributed by atoms with Crippen molar-refractivity contribution in [2.75, 3.05) is 14.2 Å². The molecule has 14 aromatic carbocycles. The number of fused-ring (bicyclic) bond motifs is 16. The number of phenolic OH excluding ortho intramolecular Hbond substituents is 1. The number of aromatic hydroxyl groups is 1. The average Bonchev–Trinajstić information content (AvgIpc) is 0.702. The molecule has 2 aliphatic heterocycles. The molecule has 0 saturated heterocycles. The molecule has 22 rings (SSSR count). The van der Waals surface area contributed by atoms with Crippen molar-refractivity contribution in [1.82, 2.24) is 0 Å². The highest BCUT2D eigenvalue weighted by Crippen LogP contribution is 2.74. The lowest BCUT2D eigenvalue weighted by molar-refractivity contribution is -0.156. The fraction of sp³-hybridized carbons (Fsp3) is 0.331. The number of benzene rings is 14. The van der Waals surface area contributed by atoms with Gasteiger partial charge in [0.25, 0.3) is 14.7 Å². The van der Waals surface area contributed by atoms with E-state index in [1.165, 1.54) is 124 Å². The van der Waals surface area contributed by atoms with E-state index in [1.807, 2.05) is 246 Å². The van der Waals surface area contributed by atoms with E-state index in [9.17, 15) is 19.5 Å². The van der Waals surface area contributed by atoms with Gasteiger partial charge in [-0.15, -0.1) is 0 Å². The molecule has 760 valence electrons. The zero-order valence-corrected chi connectivity index (χ0v) is 88.8. The number of carbonyl (C=O) groups is 3. The highest BCUT2D eigenvalue weighted by Gasteiger charge is 2.60. The molecule has 14 nitrogen and oxygen atoms in total. The number of methoxy groups -OCH3 is 2. The van der Waals surface area contributed by atoms with E-state index in [-0.39, 0.29) is 20.6 Å². The monoisotopic (exact) mass is 1990 g/mol. The molecule has 6 fully saturated rings. The van der Waals surface area contributed by atoms with Gasteiger partial charge in [0, 0.05) is 31.9 Å². The second-order valence-electron chi connectivity index (χ2n) is 40.9. The van der Waals surface area contributed by atoms with Gasteiger partial charge in [0.05, 0.1) is 24.8 Å². The predicted molar refractivity (Wildman–Crippen MR) is 595 cm³/mol. The van der Waals surface area contributed by atoms with E-state index in [1.54, 1.807) is 116 Å². The third kappa shape index (κ3) is 22.5. The van der Waals surface area contributed by atoms with Gasteiger partial charge in [-0.2, -0.15) is 0 Å². The number of hydrogen-bond acceptors (Lipinski definition) is 14. The zero-order valence-electron chi connectivity index (χ0n) is 87.0. The van der Waals surface area contributed by atoms with Crippen LogP contribution < -0.4 is 43.3 Å². The predicted octanol–water partition coefficient (Wildman–Crippen LogP) is 33.2. The molecule has 16 heteroatoms. The molecule has 0 amide bonds. The second kappa shape index (κ2) is 46.6. The Kier molecular flexibility index (Phi) is 34.7. The van der Waals surface area contributed by atoms with E-state index in [0.29, 0.717) is 62.0 Å². The molecule has 6 saturated carbocycles. The van der Waals surface area contributed by atoms with Crippen LogP contribution in [0.25, 0.3) is 22.3 Å². The summed E-state index contributed by atoms with van der Waals surface area (Å²) in [7, 11) is -4.71. The molecule has 146 heavy (non-hydrogen) atoms. The van der Waals surface area contributed by atoms with Crippen LogP contribution in [-0.2, 0) is 38.6 Å². The van der Waals surface area contributed by atoms with E-state index < -0.39 is 43.0 Å². The molecule has 6 aliphatic carbocycles. The van der Waals surface area contributed by atoms with Gasteiger partial charge in [-0.3, -0.25) is 23.5 Å². The van der Waals surface area contributed by atoms with Crippen LogP contribution in [0.2, 0.25) is 0 Å². The minimum Gasteiger partial charge on any atom is -0.508 e. The first-order valence-electron chi connectivity index (χ1n) is 51.0. The molecule has 4 bridgehead atoms. The van der Waals surface area contributed by atoms with Crippen molar-refractivity contribution in [1.29, 1.82) is 0 Å². The third-order valence-electron chi connectivity index (χ3n) is 31.3. The summed E-state index contributed by atoms with van der Waals surface area (Å²) in [4.78, 5) is 31.5. The highest BCUT2D eigenvalue weighted by atomic mass is 31.2. The van der Waals surface area contributed by atoms with Gasteiger partial charge in [-0.1, -0.05) is 244 Å². The van der Waals surface area contributed by atoms with Gasteiger partial charge in [-0.05, 0) is 406 Å². The number of ether oxygens (including phenoxy) is 6. The van der Waals surface area contributed by atoms with Crippen LogP contribution in [0.15, 0.2) is 291 Å². The molecule has 8 aliphatic rings. The quantitative estimate of drug-likeness (QED) is 0.0337. The van der Waals surface area contributed by atoms with Gasteiger partial charge in [0.2, 0.25) is 0 Å². The molecule has 14 aromatic rings. The average molecular weight is 1990 g/mol. The summed E-state index contributed by atoms with van der Waals surface area (Å²) in [6, 6.07) is 93.1. The van der Waals surface area contributed by atoms with Gasteiger partial charge in [0.15, 0.2) is 0 Å². The summed E-state index contributed by atoms with van der Waals surface area (Å²) in [5, 5.41) is 8.89. The highest BCUT2D eigenvalue weighted by molar-refractivity contribution is 7.70. The fourth-order valence-electron chi connectivity index (χ4n) is 24.8. The van der Waals surface area contributed by atoms with Crippen molar-refractivity contribution in [2.24, 2.45) is 47.3 Å². The maximum atomic E-state index is 16.6. The lowest BCUT2D eigenvalue weighted by Crippen LogP contribution is -2.38. The second-order valence-corrected chi connectivity index (χ2v) is 45.8. The number of carbonyl (C=O) groups excluding carboxylic acids is 3. The van der Waals surface area contributed by atoms with E-state index >= 15 is 9.13 Å². The Balaban J connectivity index is 0.000000157. The number of hydrogen-bond donors (Lipinski definition) is 1. The summed E-state index contributed by atoms with van der Waals surface area (Å²) >= 11 is 0. The summed E-state index contributed by atoms with van der Waals surface area (Å²) in [6.07, 6.45) is 19.1. The summed E-state index contributed by atoms with van der Waals surface area (Å²) in [5.74, 6) is 13.9. The maximum Gasteiger partial charge on any atom is 0.310 e. The van der Waals surface area contributed by atoms with Crippen molar-refractivity contribution < 1.29 is 66.1 Å². The molecule has 0 radical (unpaired) electrons. The SMILES string of the molecule is C.C.C1CC2C3CCC(C3)C2C1.C1CC2C3CCC(C3)C2C1.CC(=O)OC(C)=O.COc1ccc(C(c2ccc(O)cc2)(c2ccc(Oc3c(C)cc(C)cc3C)cc2)P2(=O)Oc3ccccc3-c3ccccc32)cc1.COc1ccc(C(c2ccc(OC(C)=O)cc2)(c2ccc(Oc3c(C)cc(C)cc3C)cc2)P2(=O)Oc3ccccc3-c3ccccc32)cc1.Cc1cc(C)c(C)c(C)c1.Cc1cc(C)c(C)c(C)c1. The number of para-hydroxylation sites is 2. The Labute approximate surface area is 867 Å². The van der Waals surface area contributed by atoms with Crippen LogP contribution in [0.5, 0.6) is 57.5 Å². The molecule has 12 unspecified atom stereocenters. The topological polar surface area (TPSA) is 179 Å². The Morgan fingerprint density at radius 3 is 0.836 bits per heavy atom. The first-order chi connectivity index (χ1) is 69.1. The lowest BCUT2D eigenvalue weighted by atomic mass is 9.82. The Hall–Kier alpha value is -13.3. The zero-order chi connectivity index (χ0) is 102. The van der Waals surface area contributed by atoms with Crippen LogP contribution in [0.3, 0.4) is 0 Å². The molecule has 0 spiro atoms. The number of rotatable bonds is 15. The molecule has 12 atom stereocenters. The van der Waals surface area contributed by atoms with Crippen LogP contribution >= 0.6 is 14.7 Å². The van der Waals surface area contributed by atoms with Crippen molar-refractivity contribution in [3.8, 4) is 79.7 Å². The Bertz CT molecular complexity index is 6860. The normalized spacial score (nSPS) is 20.3. The summed E-state index contributed by atoms with van der Waals surface area (Å²) in [6.45, 7) is 33.3. The van der Waals surface area contributed by atoms with Gasteiger partial charge >= 0.3 is 17.9 Å². The Morgan fingerprint density at radius 2 is 0.562 bits per heavy atom. The maximum absolute atomic E-state index is 16.6. The molecule has 1 N–H and O–H groups in total. The van der Waals surface area contributed by atoms with Crippen molar-refractivity contribution >= 4 is 43.3 Å². The van der Waals surface area contributed by atoms with E-state index in [2.05, 4.69) is 123 Å². The standard InChI is InChI=1S/C43H37O6P.C41H35O5P.2C10H16.2C10H14.C4H6O3.2CH4/c1-28-26-29(2)42(30(3)27-28)48-37-24-18-34(19-25-37)43(32-14-20-35(46-5)21-15-32,33-16-22-36(23-17-33)47-31(4)44)50(45)41-13-9-7-11-39(41)38-10-6-8-12-40(38)49-50;1-27-25-28(2)40(29(3)26-27)45-35-23-17-32(18-24-35)41(30-13-19-33(42)20-14-30,31-15-21-34(44-4)22-16-31)47(43)39-12-8-6-10-37(39)36-9-5-7-11-38(36)46-47;2*1-2-9-7-4-5-8(6-7)10(9)3-1;2*1-7-5-8(2)10(4)9(3)6-7;1-3(5)7-4(2)6;;/h6-27H,1-5H3;5-26,42H,1-4H3;2*7-10H,1-6H2;2*5-6H,1-4H3;1-2H3;2*1H4. The molecular weight excluding hydrogens is 1850 g/mol. The van der Waals surface area contributed by atoms with E-state index in [4.69, 9.17) is 32.7 Å². The smallest absolute Gasteiger partial charge is 0.310 e. The molecular formula is C130H146O14P2. The van der Waals surface area contributed by atoms with Crippen LogP contribution in [0.4, 0.5) is 0 Å². The van der Waals surface area contributed by atoms with Gasteiger partial charge in [-0.25, -0.2) is 0 Å². The van der Waals surface area contributed by atoms with Gasteiger partial charge in [0.1, 0.15) is 67.8 Å². The van der Waals surface area contributed by atoms with Crippen LogP contribution in [0, 0.1) is 144 Å². The molecule has 2 heterocycles. The Morgan fingerprint density at radius 1 is 0.308 bits per heavy atom. The van der Waals surface area contributed by atoms with Crippen LogP contribution in [-0.4, -0.2) is 37.2 Å². The minimum atomic E-state index is -4.00. The number of phenols is 1. The summed E-state index contributed by atoms with van der Waals surface area (Å²) < 4.78 is 80.2. The van der Waals surface area contributed by atoms with Crippen LogP contribution in [0.1, 0.15) is 224 Å². The fourth-order valence-corrected chi connectivity index (χ4v) is 31.4. The van der Waals surface area contributed by atoms with Crippen molar-refractivity contribution in [3.63, 3.8) is 0 Å². The molecule has 0 aromatic heterocycles. The van der Waals surface area contributed by atoms with Crippen molar-refractivity contribution in [2.45, 2.75) is 220 Å².